The zero-order chi connectivity index (χ0) is 14.4. The zero-order valence-electron chi connectivity index (χ0n) is 11.6. The van der Waals surface area contributed by atoms with Crippen LogP contribution in [0.2, 0.25) is 4.34 Å². The summed E-state index contributed by atoms with van der Waals surface area (Å²) in [6, 6.07) is 9.99. The van der Waals surface area contributed by atoms with E-state index >= 15 is 0 Å². The first kappa shape index (κ1) is 15.2. The molecule has 1 aromatic heterocycles. The molecule has 5 heteroatoms. The lowest BCUT2D eigenvalue weighted by atomic mass is 10.1. The van der Waals surface area contributed by atoms with Crippen molar-refractivity contribution in [2.75, 3.05) is 20.8 Å². The highest BCUT2D eigenvalue weighted by atomic mass is 35.5. The molecule has 0 aliphatic carbocycles. The van der Waals surface area contributed by atoms with E-state index in [9.17, 15) is 0 Å². The Morgan fingerprint density at radius 3 is 2.55 bits per heavy atom. The van der Waals surface area contributed by atoms with Gasteiger partial charge >= 0.3 is 0 Å². The number of hydrogen-bond acceptors (Lipinski definition) is 4. The average Bonchev–Trinajstić information content (AvgIpc) is 2.89. The van der Waals surface area contributed by atoms with Gasteiger partial charge in [-0.15, -0.1) is 11.3 Å². The number of ether oxygens (including phenoxy) is 2. The van der Waals surface area contributed by atoms with Crippen LogP contribution >= 0.6 is 22.9 Å². The lowest BCUT2D eigenvalue weighted by molar-refractivity contribution is 0.354. The normalized spacial score (nSPS) is 10.6. The fourth-order valence-electron chi connectivity index (χ4n) is 1.93. The Balaban J connectivity index is 1.82. The number of halogens is 1. The van der Waals surface area contributed by atoms with E-state index in [1.54, 1.807) is 25.6 Å². The summed E-state index contributed by atoms with van der Waals surface area (Å²) in [7, 11) is 3.30. The van der Waals surface area contributed by atoms with Gasteiger partial charge in [0.05, 0.1) is 18.6 Å². The maximum absolute atomic E-state index is 5.90. The van der Waals surface area contributed by atoms with Crippen molar-refractivity contribution in [1.82, 2.24) is 5.32 Å². The van der Waals surface area contributed by atoms with Crippen LogP contribution in [0.5, 0.6) is 11.5 Å². The summed E-state index contributed by atoms with van der Waals surface area (Å²) >= 11 is 7.51. The second kappa shape index (κ2) is 7.53. The van der Waals surface area contributed by atoms with Crippen LogP contribution in [0, 0.1) is 0 Å². The van der Waals surface area contributed by atoms with Gasteiger partial charge in [0.15, 0.2) is 11.5 Å². The highest BCUT2D eigenvalue weighted by Gasteiger charge is 2.04. The molecule has 2 rings (SSSR count). The fraction of sp³-hybridized carbons (Fsp3) is 0.333. The molecule has 0 aliphatic rings. The van der Waals surface area contributed by atoms with Crippen LogP contribution in [0.4, 0.5) is 0 Å². The minimum Gasteiger partial charge on any atom is -0.493 e. The number of methoxy groups -OCH3 is 2. The molecule has 0 saturated carbocycles. The molecule has 108 valence electrons. The highest BCUT2D eigenvalue weighted by molar-refractivity contribution is 7.16. The molecule has 0 bridgehead atoms. The van der Waals surface area contributed by atoms with Gasteiger partial charge in [0.2, 0.25) is 0 Å². The minimum atomic E-state index is 0.762. The van der Waals surface area contributed by atoms with Gasteiger partial charge in [0, 0.05) is 11.4 Å². The number of hydrogen-bond donors (Lipinski definition) is 1. The van der Waals surface area contributed by atoms with E-state index in [1.165, 1.54) is 10.4 Å². The Morgan fingerprint density at radius 1 is 1.10 bits per heavy atom. The standard InChI is InChI=1S/C15H18ClNO2S/c1-18-13-5-3-11(9-14(13)19-2)7-8-17-10-12-4-6-15(16)20-12/h3-6,9,17H,7-8,10H2,1-2H3. The van der Waals surface area contributed by atoms with Crippen LogP contribution in [0.15, 0.2) is 30.3 Å². The molecule has 0 saturated heterocycles. The van der Waals surface area contributed by atoms with Crippen LogP contribution in [-0.4, -0.2) is 20.8 Å². The van der Waals surface area contributed by atoms with Gasteiger partial charge in [-0.2, -0.15) is 0 Å². The van der Waals surface area contributed by atoms with Crippen LogP contribution in [0.1, 0.15) is 10.4 Å². The van der Waals surface area contributed by atoms with Gasteiger partial charge in [-0.3, -0.25) is 0 Å². The second-order valence-electron chi connectivity index (χ2n) is 4.32. The summed E-state index contributed by atoms with van der Waals surface area (Å²) in [5.74, 6) is 1.53. The van der Waals surface area contributed by atoms with Gasteiger partial charge in [-0.05, 0) is 42.8 Å². The molecule has 0 spiro atoms. The monoisotopic (exact) mass is 311 g/mol. The Morgan fingerprint density at radius 2 is 1.90 bits per heavy atom. The van der Waals surface area contributed by atoms with Crippen molar-refractivity contribution in [3.63, 3.8) is 0 Å². The van der Waals surface area contributed by atoms with Crippen LogP contribution in [0.3, 0.4) is 0 Å². The van der Waals surface area contributed by atoms with Crippen molar-refractivity contribution in [2.45, 2.75) is 13.0 Å². The smallest absolute Gasteiger partial charge is 0.160 e. The first-order valence-corrected chi connectivity index (χ1v) is 7.58. The number of nitrogens with one attached hydrogen (secondary N) is 1. The van der Waals surface area contributed by atoms with Crippen LogP contribution < -0.4 is 14.8 Å². The predicted octanol–water partition coefficient (Wildman–Crippen LogP) is 3.75. The van der Waals surface area contributed by atoms with Gasteiger partial charge in [-0.25, -0.2) is 0 Å². The van der Waals surface area contributed by atoms with E-state index < -0.39 is 0 Å². The summed E-state index contributed by atoms with van der Waals surface area (Å²) in [6.45, 7) is 1.76. The SMILES string of the molecule is COc1ccc(CCNCc2ccc(Cl)s2)cc1OC. The molecule has 0 radical (unpaired) electrons. The summed E-state index contributed by atoms with van der Waals surface area (Å²) < 4.78 is 11.4. The molecule has 1 heterocycles. The maximum atomic E-state index is 5.90. The van der Waals surface area contributed by atoms with Gasteiger partial charge in [-0.1, -0.05) is 17.7 Å². The third-order valence-corrected chi connectivity index (χ3v) is 4.20. The second-order valence-corrected chi connectivity index (χ2v) is 6.12. The van der Waals surface area contributed by atoms with Crippen LogP contribution in [-0.2, 0) is 13.0 Å². The Hall–Kier alpha value is -1.23. The maximum Gasteiger partial charge on any atom is 0.160 e. The number of rotatable bonds is 7. The molecule has 1 N–H and O–H groups in total. The molecular weight excluding hydrogens is 294 g/mol. The molecule has 0 unspecified atom stereocenters. The Bertz CT molecular complexity index is 557. The molecule has 0 amide bonds. The summed E-state index contributed by atoms with van der Waals surface area (Å²) in [5, 5.41) is 3.41. The lowest BCUT2D eigenvalue weighted by Crippen LogP contribution is -2.15. The molecule has 1 aromatic carbocycles. The topological polar surface area (TPSA) is 30.5 Å². The molecular formula is C15H18ClNO2S. The van der Waals surface area contributed by atoms with E-state index in [-0.39, 0.29) is 0 Å². The first-order valence-electron chi connectivity index (χ1n) is 6.38. The van der Waals surface area contributed by atoms with E-state index in [2.05, 4.69) is 17.4 Å². The predicted molar refractivity (Wildman–Crippen MR) is 84.3 cm³/mol. The summed E-state index contributed by atoms with van der Waals surface area (Å²) in [6.07, 6.45) is 0.944. The van der Waals surface area contributed by atoms with E-state index in [0.29, 0.717) is 0 Å². The van der Waals surface area contributed by atoms with Gasteiger partial charge in [0.1, 0.15) is 0 Å². The van der Waals surface area contributed by atoms with E-state index in [4.69, 9.17) is 21.1 Å². The van der Waals surface area contributed by atoms with Crippen molar-refractivity contribution in [2.24, 2.45) is 0 Å². The first-order chi connectivity index (χ1) is 9.72. The number of thiophene rings is 1. The summed E-state index contributed by atoms with van der Waals surface area (Å²) in [4.78, 5) is 1.25. The third kappa shape index (κ3) is 4.13. The third-order valence-electron chi connectivity index (χ3n) is 2.97. The van der Waals surface area contributed by atoms with Crippen molar-refractivity contribution < 1.29 is 9.47 Å². The summed E-state index contributed by atoms with van der Waals surface area (Å²) in [5.41, 5.74) is 1.22. The van der Waals surface area contributed by atoms with Crippen molar-refractivity contribution in [1.29, 1.82) is 0 Å². The van der Waals surface area contributed by atoms with E-state index in [0.717, 1.165) is 35.3 Å². The molecule has 20 heavy (non-hydrogen) atoms. The quantitative estimate of drug-likeness (QED) is 0.790. The molecule has 2 aromatic rings. The number of benzene rings is 1. The fourth-order valence-corrected chi connectivity index (χ4v) is 2.98. The Labute approximate surface area is 128 Å². The van der Waals surface area contributed by atoms with Crippen molar-refractivity contribution >= 4 is 22.9 Å². The molecule has 0 atom stereocenters. The molecule has 3 nitrogen and oxygen atoms in total. The highest BCUT2D eigenvalue weighted by Crippen LogP contribution is 2.27. The molecule has 0 fully saturated rings. The largest absolute Gasteiger partial charge is 0.493 e. The zero-order valence-corrected chi connectivity index (χ0v) is 13.2. The average molecular weight is 312 g/mol. The van der Waals surface area contributed by atoms with Gasteiger partial charge < -0.3 is 14.8 Å². The minimum absolute atomic E-state index is 0.762. The van der Waals surface area contributed by atoms with Crippen molar-refractivity contribution in [3.05, 3.63) is 45.1 Å². The van der Waals surface area contributed by atoms with E-state index in [1.807, 2.05) is 18.2 Å². The lowest BCUT2D eigenvalue weighted by Gasteiger charge is -2.09. The van der Waals surface area contributed by atoms with Gasteiger partial charge in [0.25, 0.3) is 0 Å². The Kier molecular flexibility index (Phi) is 5.71. The van der Waals surface area contributed by atoms with Crippen molar-refractivity contribution in [3.8, 4) is 11.5 Å². The molecule has 0 aliphatic heterocycles. The van der Waals surface area contributed by atoms with Crippen LogP contribution in [0.25, 0.3) is 0 Å².